The van der Waals surface area contributed by atoms with Crippen LogP contribution in [0, 0.1) is 0 Å². The second kappa shape index (κ2) is 4.97. The summed E-state index contributed by atoms with van der Waals surface area (Å²) >= 11 is 1.65. The van der Waals surface area contributed by atoms with Gasteiger partial charge in [-0.05, 0) is 42.7 Å². The summed E-state index contributed by atoms with van der Waals surface area (Å²) in [5.74, 6) is -0.967. The SMILES string of the molecule is CSc1cccc(-n2nnc3cc(C(=O)O)ccc32)c1. The number of aromatic carboxylic acids is 1. The van der Waals surface area contributed by atoms with E-state index >= 15 is 0 Å². The van der Waals surface area contributed by atoms with Gasteiger partial charge < -0.3 is 5.11 Å². The highest BCUT2D eigenvalue weighted by Crippen LogP contribution is 2.21. The molecule has 0 spiro atoms. The van der Waals surface area contributed by atoms with E-state index in [-0.39, 0.29) is 5.56 Å². The van der Waals surface area contributed by atoms with E-state index in [4.69, 9.17) is 5.11 Å². The Balaban J connectivity index is 2.14. The smallest absolute Gasteiger partial charge is 0.335 e. The summed E-state index contributed by atoms with van der Waals surface area (Å²) in [6.45, 7) is 0. The molecule has 0 amide bonds. The van der Waals surface area contributed by atoms with E-state index in [1.54, 1.807) is 28.6 Å². The maximum absolute atomic E-state index is 10.9. The summed E-state index contributed by atoms with van der Waals surface area (Å²) in [5.41, 5.74) is 2.47. The van der Waals surface area contributed by atoms with E-state index in [0.717, 1.165) is 16.1 Å². The number of carboxylic acids is 1. The number of nitrogens with zero attached hydrogens (tertiary/aromatic N) is 3. The second-order valence-corrected chi connectivity index (χ2v) is 5.09. The Kier molecular flexibility index (Phi) is 3.15. The minimum absolute atomic E-state index is 0.211. The van der Waals surface area contributed by atoms with Crippen LogP contribution in [-0.2, 0) is 0 Å². The molecule has 0 aliphatic carbocycles. The molecule has 0 aliphatic rings. The molecule has 0 atom stereocenters. The zero-order valence-electron chi connectivity index (χ0n) is 10.6. The Bertz CT molecular complexity index is 798. The van der Waals surface area contributed by atoms with Crippen molar-refractivity contribution >= 4 is 28.8 Å². The molecule has 6 heteroatoms. The summed E-state index contributed by atoms with van der Waals surface area (Å²) in [6.07, 6.45) is 2.01. The zero-order valence-corrected chi connectivity index (χ0v) is 11.5. The highest BCUT2D eigenvalue weighted by atomic mass is 32.2. The van der Waals surface area contributed by atoms with E-state index in [2.05, 4.69) is 10.3 Å². The van der Waals surface area contributed by atoms with Crippen molar-refractivity contribution in [2.75, 3.05) is 6.26 Å². The monoisotopic (exact) mass is 285 g/mol. The molecule has 3 aromatic rings. The summed E-state index contributed by atoms with van der Waals surface area (Å²) in [4.78, 5) is 12.1. The first-order valence-corrected chi connectivity index (χ1v) is 7.15. The number of hydrogen-bond donors (Lipinski definition) is 1. The van der Waals surface area contributed by atoms with Crippen molar-refractivity contribution in [1.82, 2.24) is 15.0 Å². The van der Waals surface area contributed by atoms with Crippen molar-refractivity contribution < 1.29 is 9.90 Å². The van der Waals surface area contributed by atoms with Crippen LogP contribution in [0.1, 0.15) is 10.4 Å². The highest BCUT2D eigenvalue weighted by molar-refractivity contribution is 7.98. The van der Waals surface area contributed by atoms with E-state index in [1.807, 2.05) is 30.5 Å². The van der Waals surface area contributed by atoms with Gasteiger partial charge in [0.15, 0.2) is 0 Å². The van der Waals surface area contributed by atoms with Gasteiger partial charge in [-0.15, -0.1) is 16.9 Å². The first kappa shape index (κ1) is 12.7. The van der Waals surface area contributed by atoms with Gasteiger partial charge in [-0.25, -0.2) is 9.48 Å². The van der Waals surface area contributed by atoms with Crippen molar-refractivity contribution in [3.05, 3.63) is 48.0 Å². The number of aromatic nitrogens is 3. The fourth-order valence-electron chi connectivity index (χ4n) is 1.99. The molecule has 0 fully saturated rings. The lowest BCUT2D eigenvalue weighted by molar-refractivity contribution is 0.0697. The molecule has 0 bridgehead atoms. The van der Waals surface area contributed by atoms with Crippen LogP contribution < -0.4 is 0 Å². The number of fused-ring (bicyclic) bond motifs is 1. The molecule has 0 saturated carbocycles. The van der Waals surface area contributed by atoms with Crippen LogP contribution >= 0.6 is 11.8 Å². The molecule has 100 valence electrons. The van der Waals surface area contributed by atoms with Gasteiger partial charge in [-0.2, -0.15) is 0 Å². The lowest BCUT2D eigenvalue weighted by Gasteiger charge is -2.04. The molecule has 20 heavy (non-hydrogen) atoms. The van der Waals surface area contributed by atoms with Crippen LogP contribution in [0.3, 0.4) is 0 Å². The maximum atomic E-state index is 10.9. The lowest BCUT2D eigenvalue weighted by atomic mass is 10.2. The third-order valence-electron chi connectivity index (χ3n) is 2.99. The fourth-order valence-corrected chi connectivity index (χ4v) is 2.44. The molecule has 5 nitrogen and oxygen atoms in total. The van der Waals surface area contributed by atoms with Gasteiger partial charge in [0.05, 0.1) is 16.8 Å². The van der Waals surface area contributed by atoms with Gasteiger partial charge in [0.1, 0.15) is 5.52 Å². The fraction of sp³-hybridized carbons (Fsp3) is 0.0714. The second-order valence-electron chi connectivity index (χ2n) is 4.21. The predicted molar refractivity (Wildman–Crippen MR) is 77.6 cm³/mol. The minimum atomic E-state index is -0.967. The van der Waals surface area contributed by atoms with Crippen molar-refractivity contribution in [2.45, 2.75) is 4.90 Å². The van der Waals surface area contributed by atoms with Gasteiger partial charge in [-0.3, -0.25) is 0 Å². The van der Waals surface area contributed by atoms with E-state index in [9.17, 15) is 4.79 Å². The lowest BCUT2D eigenvalue weighted by Crippen LogP contribution is -1.98. The van der Waals surface area contributed by atoms with Crippen molar-refractivity contribution in [2.24, 2.45) is 0 Å². The summed E-state index contributed by atoms with van der Waals surface area (Å²) < 4.78 is 1.71. The van der Waals surface area contributed by atoms with Gasteiger partial charge >= 0.3 is 5.97 Å². The van der Waals surface area contributed by atoms with Crippen LogP contribution in [0.5, 0.6) is 0 Å². The highest BCUT2D eigenvalue weighted by Gasteiger charge is 2.10. The number of thioether (sulfide) groups is 1. The molecule has 0 saturated heterocycles. The number of carbonyl (C=O) groups is 1. The Labute approximate surface area is 119 Å². The van der Waals surface area contributed by atoms with Gasteiger partial charge in [0.25, 0.3) is 0 Å². The molecular weight excluding hydrogens is 274 g/mol. The van der Waals surface area contributed by atoms with Gasteiger partial charge in [0.2, 0.25) is 0 Å². The van der Waals surface area contributed by atoms with E-state index in [0.29, 0.717) is 5.52 Å². The molecule has 2 aromatic carbocycles. The summed E-state index contributed by atoms with van der Waals surface area (Å²) in [6, 6.07) is 12.8. The van der Waals surface area contributed by atoms with Crippen LogP contribution in [0.15, 0.2) is 47.4 Å². The number of carboxylic acid groups (broad SMARTS) is 1. The first-order chi connectivity index (χ1) is 9.69. The Morgan fingerprint density at radius 2 is 2.10 bits per heavy atom. The van der Waals surface area contributed by atoms with Crippen LogP contribution in [0.2, 0.25) is 0 Å². The molecule has 1 N–H and O–H groups in total. The third kappa shape index (κ3) is 2.14. The van der Waals surface area contributed by atoms with Crippen molar-refractivity contribution in [1.29, 1.82) is 0 Å². The molecule has 0 unspecified atom stereocenters. The number of hydrogen-bond acceptors (Lipinski definition) is 4. The minimum Gasteiger partial charge on any atom is -0.478 e. The van der Waals surface area contributed by atoms with Crippen molar-refractivity contribution in [3.8, 4) is 5.69 Å². The van der Waals surface area contributed by atoms with Crippen LogP contribution in [0.25, 0.3) is 16.7 Å². The molecule has 1 aromatic heterocycles. The average Bonchev–Trinajstić information content (AvgIpc) is 2.90. The largest absolute Gasteiger partial charge is 0.478 e. The Hall–Kier alpha value is -2.34. The quantitative estimate of drug-likeness (QED) is 0.749. The molecular formula is C14H11N3O2S. The zero-order chi connectivity index (χ0) is 14.1. The van der Waals surface area contributed by atoms with E-state index < -0.39 is 5.97 Å². The topological polar surface area (TPSA) is 68.0 Å². The van der Waals surface area contributed by atoms with Crippen LogP contribution in [-0.4, -0.2) is 32.3 Å². The molecule has 3 rings (SSSR count). The average molecular weight is 285 g/mol. The third-order valence-corrected chi connectivity index (χ3v) is 3.72. The Morgan fingerprint density at radius 1 is 1.25 bits per heavy atom. The first-order valence-electron chi connectivity index (χ1n) is 5.92. The Morgan fingerprint density at radius 3 is 2.85 bits per heavy atom. The number of rotatable bonds is 3. The molecule has 1 heterocycles. The van der Waals surface area contributed by atoms with Gasteiger partial charge in [-0.1, -0.05) is 11.3 Å². The number of benzene rings is 2. The standard InChI is InChI=1S/C14H11N3O2S/c1-20-11-4-2-3-10(8-11)17-13-6-5-9(14(18)19)7-12(13)15-16-17/h2-8H,1H3,(H,18,19). The van der Waals surface area contributed by atoms with Gasteiger partial charge in [0, 0.05) is 4.90 Å². The summed E-state index contributed by atoms with van der Waals surface area (Å²) in [5, 5.41) is 17.1. The van der Waals surface area contributed by atoms with E-state index in [1.165, 1.54) is 6.07 Å². The molecule has 0 radical (unpaired) electrons. The maximum Gasteiger partial charge on any atom is 0.335 e. The van der Waals surface area contributed by atoms with Crippen LogP contribution in [0.4, 0.5) is 0 Å². The normalized spacial score (nSPS) is 10.8. The molecule has 0 aliphatic heterocycles. The summed E-state index contributed by atoms with van der Waals surface area (Å²) in [7, 11) is 0. The van der Waals surface area contributed by atoms with Crippen molar-refractivity contribution in [3.63, 3.8) is 0 Å². The predicted octanol–water partition coefficient (Wildman–Crippen LogP) is 2.84.